The Hall–Kier alpha value is -2.63. The number of hydrogen-bond acceptors (Lipinski definition) is 3. The number of furan rings is 1. The van der Waals surface area contributed by atoms with Gasteiger partial charge in [0.15, 0.2) is 5.76 Å². The molecule has 2 aromatic rings. The summed E-state index contributed by atoms with van der Waals surface area (Å²) >= 11 is 0. The standard InChI is InChI=1S/C17H16FNO4/c18-12-4-2-11(3-5-12)13-6-7-14(23-13)16(22)19-17(8-1-9-17)10-15(20)21/h2-7H,1,8-10H2,(H,19,22)(H,20,21). The molecule has 1 heterocycles. The lowest BCUT2D eigenvalue weighted by Gasteiger charge is -2.41. The molecule has 1 aromatic heterocycles. The molecule has 23 heavy (non-hydrogen) atoms. The molecule has 1 saturated carbocycles. The molecule has 1 aliphatic rings. The van der Waals surface area contributed by atoms with Crippen LogP contribution in [0.3, 0.4) is 0 Å². The average molecular weight is 317 g/mol. The number of carboxylic acid groups (broad SMARTS) is 1. The Morgan fingerprint density at radius 1 is 1.17 bits per heavy atom. The van der Waals surface area contributed by atoms with Crippen LogP contribution in [0.4, 0.5) is 4.39 Å². The van der Waals surface area contributed by atoms with E-state index in [1.54, 1.807) is 18.2 Å². The van der Waals surface area contributed by atoms with Gasteiger partial charge in [-0.05, 0) is 55.7 Å². The number of carbonyl (C=O) groups is 2. The van der Waals surface area contributed by atoms with E-state index in [1.165, 1.54) is 18.2 Å². The Kier molecular flexibility index (Phi) is 3.90. The van der Waals surface area contributed by atoms with E-state index in [1.807, 2.05) is 0 Å². The van der Waals surface area contributed by atoms with Crippen LogP contribution in [0.25, 0.3) is 11.3 Å². The fourth-order valence-electron chi connectivity index (χ4n) is 2.77. The van der Waals surface area contributed by atoms with Crippen LogP contribution in [0.5, 0.6) is 0 Å². The lowest BCUT2D eigenvalue weighted by atomic mass is 9.74. The van der Waals surface area contributed by atoms with Crippen molar-refractivity contribution in [2.45, 2.75) is 31.2 Å². The Labute approximate surface area is 132 Å². The van der Waals surface area contributed by atoms with E-state index >= 15 is 0 Å². The van der Waals surface area contributed by atoms with E-state index in [4.69, 9.17) is 9.52 Å². The SMILES string of the molecule is O=C(O)CC1(NC(=O)c2ccc(-c3ccc(F)cc3)o2)CCC1. The summed E-state index contributed by atoms with van der Waals surface area (Å²) in [5.41, 5.74) is -0.0134. The predicted octanol–water partition coefficient (Wildman–Crippen LogP) is 3.21. The highest BCUT2D eigenvalue weighted by atomic mass is 19.1. The van der Waals surface area contributed by atoms with Gasteiger partial charge in [0.05, 0.1) is 12.0 Å². The molecular formula is C17H16FNO4. The average Bonchev–Trinajstić information content (AvgIpc) is 2.95. The van der Waals surface area contributed by atoms with Gasteiger partial charge in [-0.25, -0.2) is 4.39 Å². The normalized spacial score (nSPS) is 15.7. The lowest BCUT2D eigenvalue weighted by Crippen LogP contribution is -2.54. The van der Waals surface area contributed by atoms with Crippen molar-refractivity contribution < 1.29 is 23.5 Å². The number of carbonyl (C=O) groups excluding carboxylic acids is 1. The maximum atomic E-state index is 12.9. The van der Waals surface area contributed by atoms with Crippen LogP contribution in [0, 0.1) is 5.82 Å². The molecular weight excluding hydrogens is 301 g/mol. The van der Waals surface area contributed by atoms with Gasteiger partial charge in [-0.2, -0.15) is 0 Å². The number of rotatable bonds is 5. The molecule has 1 fully saturated rings. The zero-order chi connectivity index (χ0) is 16.4. The third-order valence-electron chi connectivity index (χ3n) is 4.14. The smallest absolute Gasteiger partial charge is 0.305 e. The second kappa shape index (κ2) is 5.87. The molecule has 6 heteroatoms. The molecule has 5 nitrogen and oxygen atoms in total. The quantitative estimate of drug-likeness (QED) is 0.887. The minimum atomic E-state index is -0.934. The van der Waals surface area contributed by atoms with Crippen LogP contribution in [0.2, 0.25) is 0 Å². The summed E-state index contributed by atoms with van der Waals surface area (Å²) in [7, 11) is 0. The van der Waals surface area contributed by atoms with Crippen LogP contribution in [0.1, 0.15) is 36.2 Å². The summed E-state index contributed by atoms with van der Waals surface area (Å²) in [5, 5.41) is 11.7. The largest absolute Gasteiger partial charge is 0.481 e. The number of amides is 1. The Balaban J connectivity index is 1.73. The Morgan fingerprint density at radius 2 is 1.87 bits per heavy atom. The van der Waals surface area contributed by atoms with Crippen LogP contribution in [-0.2, 0) is 4.79 Å². The molecule has 3 rings (SSSR count). The fraction of sp³-hybridized carbons (Fsp3) is 0.294. The molecule has 0 spiro atoms. The van der Waals surface area contributed by atoms with E-state index in [2.05, 4.69) is 5.32 Å². The van der Waals surface area contributed by atoms with Gasteiger partial charge in [0.1, 0.15) is 11.6 Å². The molecule has 0 bridgehead atoms. The van der Waals surface area contributed by atoms with Gasteiger partial charge in [-0.3, -0.25) is 9.59 Å². The van der Waals surface area contributed by atoms with Gasteiger partial charge < -0.3 is 14.8 Å². The second-order valence-corrected chi connectivity index (χ2v) is 5.83. The van der Waals surface area contributed by atoms with Gasteiger partial charge in [0, 0.05) is 5.56 Å². The van der Waals surface area contributed by atoms with Crippen molar-refractivity contribution in [1.82, 2.24) is 5.32 Å². The minimum Gasteiger partial charge on any atom is -0.481 e. The maximum absolute atomic E-state index is 12.9. The molecule has 0 saturated heterocycles. The first-order chi connectivity index (χ1) is 11.0. The van der Waals surface area contributed by atoms with Gasteiger partial charge in [0.2, 0.25) is 0 Å². The first-order valence-corrected chi connectivity index (χ1v) is 7.38. The van der Waals surface area contributed by atoms with E-state index < -0.39 is 17.4 Å². The molecule has 2 N–H and O–H groups in total. The summed E-state index contributed by atoms with van der Waals surface area (Å²) < 4.78 is 18.4. The van der Waals surface area contributed by atoms with Crippen molar-refractivity contribution in [1.29, 1.82) is 0 Å². The third-order valence-corrected chi connectivity index (χ3v) is 4.14. The number of aliphatic carboxylic acids is 1. The van der Waals surface area contributed by atoms with Gasteiger partial charge in [-0.1, -0.05) is 0 Å². The molecule has 0 unspecified atom stereocenters. The van der Waals surface area contributed by atoms with E-state index in [9.17, 15) is 14.0 Å². The molecule has 1 aliphatic carbocycles. The van der Waals surface area contributed by atoms with Crippen LogP contribution in [0.15, 0.2) is 40.8 Å². The highest BCUT2D eigenvalue weighted by Crippen LogP contribution is 2.35. The lowest BCUT2D eigenvalue weighted by molar-refractivity contribution is -0.139. The number of halogens is 1. The zero-order valence-corrected chi connectivity index (χ0v) is 12.3. The van der Waals surface area contributed by atoms with E-state index in [-0.39, 0.29) is 18.0 Å². The maximum Gasteiger partial charge on any atom is 0.305 e. The summed E-state index contributed by atoms with van der Waals surface area (Å²) in [4.78, 5) is 23.2. The van der Waals surface area contributed by atoms with Crippen LogP contribution >= 0.6 is 0 Å². The third kappa shape index (κ3) is 3.26. The summed E-state index contributed by atoms with van der Waals surface area (Å²) in [6.07, 6.45) is 2.10. The monoisotopic (exact) mass is 317 g/mol. The summed E-state index contributed by atoms with van der Waals surface area (Å²) in [6, 6.07) is 8.91. The Bertz CT molecular complexity index is 731. The number of carboxylic acids is 1. The molecule has 0 radical (unpaired) electrons. The fourth-order valence-corrected chi connectivity index (χ4v) is 2.77. The predicted molar refractivity (Wildman–Crippen MR) is 80.4 cm³/mol. The van der Waals surface area contributed by atoms with Gasteiger partial charge >= 0.3 is 5.97 Å². The van der Waals surface area contributed by atoms with E-state index in [0.717, 1.165) is 6.42 Å². The summed E-state index contributed by atoms with van der Waals surface area (Å²) in [6.45, 7) is 0. The van der Waals surface area contributed by atoms with Crippen LogP contribution < -0.4 is 5.32 Å². The highest BCUT2D eigenvalue weighted by Gasteiger charge is 2.40. The van der Waals surface area contributed by atoms with Crippen molar-refractivity contribution in [3.05, 3.63) is 48.0 Å². The minimum absolute atomic E-state index is 0.0930. The van der Waals surface area contributed by atoms with Crippen molar-refractivity contribution in [3.63, 3.8) is 0 Å². The molecule has 120 valence electrons. The second-order valence-electron chi connectivity index (χ2n) is 5.83. The van der Waals surface area contributed by atoms with E-state index in [0.29, 0.717) is 24.2 Å². The first-order valence-electron chi connectivity index (χ1n) is 7.38. The number of hydrogen-bond donors (Lipinski definition) is 2. The van der Waals surface area contributed by atoms with Crippen molar-refractivity contribution in [2.24, 2.45) is 0 Å². The molecule has 0 aliphatic heterocycles. The zero-order valence-electron chi connectivity index (χ0n) is 12.3. The Morgan fingerprint density at radius 3 is 2.43 bits per heavy atom. The molecule has 0 atom stereocenters. The molecule has 1 aromatic carbocycles. The number of nitrogens with one attached hydrogen (secondary N) is 1. The van der Waals surface area contributed by atoms with Crippen molar-refractivity contribution in [3.8, 4) is 11.3 Å². The van der Waals surface area contributed by atoms with Crippen LogP contribution in [-0.4, -0.2) is 22.5 Å². The topological polar surface area (TPSA) is 79.5 Å². The van der Waals surface area contributed by atoms with Gasteiger partial charge in [0.25, 0.3) is 5.91 Å². The van der Waals surface area contributed by atoms with Crippen molar-refractivity contribution in [2.75, 3.05) is 0 Å². The highest BCUT2D eigenvalue weighted by molar-refractivity contribution is 5.93. The number of benzene rings is 1. The van der Waals surface area contributed by atoms with Crippen molar-refractivity contribution >= 4 is 11.9 Å². The van der Waals surface area contributed by atoms with Gasteiger partial charge in [-0.15, -0.1) is 0 Å². The molecule has 1 amide bonds. The summed E-state index contributed by atoms with van der Waals surface area (Å²) in [5.74, 6) is -1.15. The first kappa shape index (κ1) is 15.3.